The Labute approximate surface area is 107 Å². The average Bonchev–Trinajstić information content (AvgIpc) is 2.69. The van der Waals surface area contributed by atoms with Crippen molar-refractivity contribution in [2.45, 2.75) is 43.9 Å². The normalized spacial score (nSPS) is 30.1. The second kappa shape index (κ2) is 4.61. The number of hydrogen-bond acceptors (Lipinski definition) is 3. The lowest BCUT2D eigenvalue weighted by Gasteiger charge is -2.29. The van der Waals surface area contributed by atoms with E-state index in [4.69, 9.17) is 10.5 Å². The molecular formula is C14H18N2O2. The number of ether oxygens (including phenoxy) is 1. The third-order valence-corrected chi connectivity index (χ3v) is 3.88. The predicted octanol–water partition coefficient (Wildman–Crippen LogP) is 1.45. The molecular weight excluding hydrogens is 228 g/mol. The molecule has 2 aliphatic rings. The summed E-state index contributed by atoms with van der Waals surface area (Å²) in [7, 11) is 0. The highest BCUT2D eigenvalue weighted by atomic mass is 16.5. The number of primary amides is 1. The van der Waals surface area contributed by atoms with Crippen molar-refractivity contribution < 1.29 is 9.53 Å². The number of amides is 1. The molecule has 2 unspecified atom stereocenters. The molecule has 0 radical (unpaired) electrons. The van der Waals surface area contributed by atoms with E-state index in [9.17, 15) is 4.79 Å². The van der Waals surface area contributed by atoms with Crippen molar-refractivity contribution in [3.05, 3.63) is 29.8 Å². The molecule has 1 amide bonds. The highest BCUT2D eigenvalue weighted by Gasteiger charge is 2.34. The fourth-order valence-electron chi connectivity index (χ4n) is 3.05. The molecule has 2 atom stereocenters. The molecule has 2 aliphatic heterocycles. The quantitative estimate of drug-likeness (QED) is 0.848. The van der Waals surface area contributed by atoms with Crippen LogP contribution in [0.1, 0.15) is 36.0 Å². The van der Waals surface area contributed by atoms with E-state index >= 15 is 0 Å². The summed E-state index contributed by atoms with van der Waals surface area (Å²) in [6.07, 6.45) is 4.71. The zero-order chi connectivity index (χ0) is 12.5. The largest absolute Gasteiger partial charge is 0.489 e. The fourth-order valence-corrected chi connectivity index (χ4v) is 3.05. The molecule has 1 aromatic rings. The number of nitrogens with one attached hydrogen (secondary N) is 1. The van der Waals surface area contributed by atoms with Crippen LogP contribution in [-0.4, -0.2) is 24.1 Å². The van der Waals surface area contributed by atoms with Gasteiger partial charge in [0, 0.05) is 12.1 Å². The van der Waals surface area contributed by atoms with Gasteiger partial charge < -0.3 is 15.8 Å². The number of rotatable bonds is 3. The first-order chi connectivity index (χ1) is 8.72. The first-order valence-electron chi connectivity index (χ1n) is 6.54. The number of nitrogens with two attached hydrogens (primary N) is 1. The molecule has 0 spiro atoms. The Hall–Kier alpha value is -1.55. The zero-order valence-electron chi connectivity index (χ0n) is 10.3. The summed E-state index contributed by atoms with van der Waals surface area (Å²) >= 11 is 0. The summed E-state index contributed by atoms with van der Waals surface area (Å²) in [6.45, 7) is 0. The Bertz CT molecular complexity index is 449. The van der Waals surface area contributed by atoms with Crippen LogP contribution in [-0.2, 0) is 0 Å². The molecule has 0 saturated carbocycles. The molecule has 2 fully saturated rings. The molecule has 3 rings (SSSR count). The predicted molar refractivity (Wildman–Crippen MR) is 68.6 cm³/mol. The summed E-state index contributed by atoms with van der Waals surface area (Å²) in [5.74, 6) is 0.193. The monoisotopic (exact) mass is 246 g/mol. The third-order valence-electron chi connectivity index (χ3n) is 3.88. The molecule has 0 aromatic heterocycles. The maximum absolute atomic E-state index is 11.3. The van der Waals surface area contributed by atoms with Gasteiger partial charge in [0.1, 0.15) is 11.9 Å². The first-order valence-corrected chi connectivity index (χ1v) is 6.54. The van der Waals surface area contributed by atoms with Crippen molar-refractivity contribution in [3.63, 3.8) is 0 Å². The summed E-state index contributed by atoms with van der Waals surface area (Å²) in [4.78, 5) is 11.3. The van der Waals surface area contributed by atoms with Gasteiger partial charge in [-0.1, -0.05) is 12.1 Å². The fraction of sp³-hybridized carbons (Fsp3) is 0.500. The standard InChI is InChI=1S/C14H18N2O2/c15-14(17)12-3-1-2-4-13(12)18-11-7-9-5-6-10(8-11)16-9/h1-4,9-11,16H,5-8H2,(H2,15,17). The van der Waals surface area contributed by atoms with Crippen molar-refractivity contribution in [3.8, 4) is 5.75 Å². The summed E-state index contributed by atoms with van der Waals surface area (Å²) in [6, 6.07) is 8.37. The van der Waals surface area contributed by atoms with E-state index in [0.717, 1.165) is 12.8 Å². The second-order valence-corrected chi connectivity index (χ2v) is 5.21. The van der Waals surface area contributed by atoms with Crippen molar-refractivity contribution >= 4 is 5.91 Å². The van der Waals surface area contributed by atoms with Crippen molar-refractivity contribution in [1.29, 1.82) is 0 Å². The molecule has 2 saturated heterocycles. The van der Waals surface area contributed by atoms with Crippen molar-refractivity contribution in [2.24, 2.45) is 5.73 Å². The summed E-state index contributed by atoms with van der Waals surface area (Å²) in [5, 5.41) is 3.57. The van der Waals surface area contributed by atoms with Crippen LogP contribution in [0.4, 0.5) is 0 Å². The van der Waals surface area contributed by atoms with Crippen LogP contribution in [0.2, 0.25) is 0 Å². The van der Waals surface area contributed by atoms with E-state index in [0.29, 0.717) is 23.4 Å². The van der Waals surface area contributed by atoms with Gasteiger partial charge in [-0.3, -0.25) is 4.79 Å². The lowest BCUT2D eigenvalue weighted by Crippen LogP contribution is -2.42. The topological polar surface area (TPSA) is 64.4 Å². The molecule has 18 heavy (non-hydrogen) atoms. The van der Waals surface area contributed by atoms with Gasteiger partial charge in [0.05, 0.1) is 5.56 Å². The lowest BCUT2D eigenvalue weighted by atomic mass is 10.0. The minimum Gasteiger partial charge on any atom is -0.489 e. The Morgan fingerprint density at radius 3 is 2.56 bits per heavy atom. The van der Waals surface area contributed by atoms with Gasteiger partial charge in [0.2, 0.25) is 0 Å². The summed E-state index contributed by atoms with van der Waals surface area (Å²) in [5.41, 5.74) is 5.83. The molecule has 0 aliphatic carbocycles. The highest BCUT2D eigenvalue weighted by Crippen LogP contribution is 2.30. The number of piperidine rings is 1. The second-order valence-electron chi connectivity index (χ2n) is 5.21. The van der Waals surface area contributed by atoms with E-state index in [2.05, 4.69) is 5.32 Å². The molecule has 4 nitrogen and oxygen atoms in total. The van der Waals surface area contributed by atoms with Gasteiger partial charge in [-0.15, -0.1) is 0 Å². The Kier molecular flexibility index (Phi) is 2.96. The Morgan fingerprint density at radius 2 is 1.89 bits per heavy atom. The minimum atomic E-state index is -0.428. The van der Waals surface area contributed by atoms with E-state index in [1.165, 1.54) is 12.8 Å². The Morgan fingerprint density at radius 1 is 1.22 bits per heavy atom. The number of para-hydroxylation sites is 1. The highest BCUT2D eigenvalue weighted by molar-refractivity contribution is 5.95. The van der Waals surface area contributed by atoms with Crippen LogP contribution in [0.25, 0.3) is 0 Å². The van der Waals surface area contributed by atoms with Crippen LogP contribution >= 0.6 is 0 Å². The molecule has 4 heteroatoms. The molecule has 2 bridgehead atoms. The van der Waals surface area contributed by atoms with Gasteiger partial charge in [0.15, 0.2) is 0 Å². The van der Waals surface area contributed by atoms with Crippen LogP contribution < -0.4 is 15.8 Å². The number of fused-ring (bicyclic) bond motifs is 2. The van der Waals surface area contributed by atoms with E-state index < -0.39 is 5.91 Å². The molecule has 1 aromatic carbocycles. The minimum absolute atomic E-state index is 0.198. The van der Waals surface area contributed by atoms with Crippen LogP contribution in [0.15, 0.2) is 24.3 Å². The Balaban J connectivity index is 1.75. The van der Waals surface area contributed by atoms with Crippen LogP contribution in [0, 0.1) is 0 Å². The van der Waals surface area contributed by atoms with E-state index in [1.54, 1.807) is 12.1 Å². The zero-order valence-corrected chi connectivity index (χ0v) is 10.3. The average molecular weight is 246 g/mol. The number of benzene rings is 1. The van der Waals surface area contributed by atoms with Crippen LogP contribution in [0.5, 0.6) is 5.75 Å². The van der Waals surface area contributed by atoms with Gasteiger partial charge in [-0.25, -0.2) is 0 Å². The number of carbonyl (C=O) groups is 1. The lowest BCUT2D eigenvalue weighted by molar-refractivity contribution is 0.0984. The number of carbonyl (C=O) groups excluding carboxylic acids is 1. The molecule has 2 heterocycles. The smallest absolute Gasteiger partial charge is 0.252 e. The SMILES string of the molecule is NC(=O)c1ccccc1OC1CC2CCC(C1)N2. The number of hydrogen-bond donors (Lipinski definition) is 2. The summed E-state index contributed by atoms with van der Waals surface area (Å²) < 4.78 is 5.99. The van der Waals surface area contributed by atoms with Gasteiger partial charge in [0.25, 0.3) is 5.91 Å². The van der Waals surface area contributed by atoms with Crippen LogP contribution in [0.3, 0.4) is 0 Å². The van der Waals surface area contributed by atoms with Gasteiger partial charge in [-0.05, 0) is 37.8 Å². The first kappa shape index (κ1) is 11.5. The van der Waals surface area contributed by atoms with E-state index in [-0.39, 0.29) is 6.10 Å². The van der Waals surface area contributed by atoms with Crippen molar-refractivity contribution in [1.82, 2.24) is 5.32 Å². The molecule has 96 valence electrons. The van der Waals surface area contributed by atoms with Gasteiger partial charge >= 0.3 is 0 Å². The van der Waals surface area contributed by atoms with Gasteiger partial charge in [-0.2, -0.15) is 0 Å². The maximum Gasteiger partial charge on any atom is 0.252 e. The van der Waals surface area contributed by atoms with E-state index in [1.807, 2.05) is 12.1 Å². The molecule has 3 N–H and O–H groups in total. The third kappa shape index (κ3) is 2.20. The van der Waals surface area contributed by atoms with Crippen molar-refractivity contribution in [2.75, 3.05) is 0 Å². The maximum atomic E-state index is 11.3.